The Kier molecular flexibility index (Phi) is 19.6. The summed E-state index contributed by atoms with van der Waals surface area (Å²) in [4.78, 5) is 102. The van der Waals surface area contributed by atoms with Crippen LogP contribution in [0.25, 0.3) is 10.9 Å². The Balaban J connectivity index is 1.27. The van der Waals surface area contributed by atoms with E-state index in [9.17, 15) is 33.6 Å². The topological polar surface area (TPSA) is 247 Å². The zero-order valence-corrected chi connectivity index (χ0v) is 45.4. The summed E-state index contributed by atoms with van der Waals surface area (Å²) >= 11 is 0. The van der Waals surface area contributed by atoms with E-state index >= 15 is 0 Å². The van der Waals surface area contributed by atoms with E-state index in [1.165, 1.54) is 6.07 Å². The second-order valence-electron chi connectivity index (χ2n) is 23.0. The highest BCUT2D eigenvalue weighted by atomic mass is 16.6. The van der Waals surface area contributed by atoms with Gasteiger partial charge >= 0.3 is 18.0 Å². The number of aromatic nitrogens is 1. The Morgan fingerprint density at radius 2 is 1.36 bits per heavy atom. The number of nitrogens with one attached hydrogen (secondary N) is 4. The van der Waals surface area contributed by atoms with Gasteiger partial charge in [0.1, 0.15) is 40.8 Å². The molecule has 1 aliphatic carbocycles. The molecule has 18 nitrogen and oxygen atoms in total. The third-order valence-corrected chi connectivity index (χ3v) is 13.0. The third kappa shape index (κ3) is 18.3. The van der Waals surface area contributed by atoms with Crippen LogP contribution >= 0.6 is 0 Å². The van der Waals surface area contributed by atoms with Crippen LogP contribution in [0.3, 0.4) is 0 Å². The maximum Gasteiger partial charge on any atom is 0.408 e. The quantitative estimate of drug-likeness (QED) is 0.0469. The van der Waals surface area contributed by atoms with Crippen molar-refractivity contribution in [3.05, 3.63) is 108 Å². The molecule has 0 spiro atoms. The molecule has 1 saturated heterocycles. The van der Waals surface area contributed by atoms with Gasteiger partial charge in [0.15, 0.2) is 6.61 Å². The summed E-state index contributed by atoms with van der Waals surface area (Å²) in [5.41, 5.74) is 5.55. The predicted octanol–water partition coefficient (Wildman–Crippen LogP) is 6.50. The van der Waals surface area contributed by atoms with E-state index in [0.29, 0.717) is 41.6 Å². The number of benzene rings is 3. The molecule has 7 atom stereocenters. The van der Waals surface area contributed by atoms with Crippen LogP contribution < -0.4 is 31.7 Å². The highest BCUT2D eigenvalue weighted by molar-refractivity contribution is 5.99. The summed E-state index contributed by atoms with van der Waals surface area (Å²) < 4.78 is 23.4. The van der Waals surface area contributed by atoms with Crippen molar-refractivity contribution in [2.24, 2.45) is 17.6 Å². The highest BCUT2D eigenvalue weighted by Gasteiger charge is 2.43. The first-order valence-electron chi connectivity index (χ1n) is 26.3. The number of esters is 2. The van der Waals surface area contributed by atoms with Gasteiger partial charge in [-0.05, 0) is 129 Å². The lowest BCUT2D eigenvalue weighted by Gasteiger charge is -2.47. The van der Waals surface area contributed by atoms with Gasteiger partial charge in [0.25, 0.3) is 5.91 Å². The van der Waals surface area contributed by atoms with E-state index in [4.69, 9.17) is 24.7 Å². The molecule has 4 aromatic rings. The Bertz CT molecular complexity index is 2660. The summed E-state index contributed by atoms with van der Waals surface area (Å²) in [5.74, 6) is -2.95. The first kappa shape index (κ1) is 58.2. The molecule has 410 valence electrons. The first-order chi connectivity index (χ1) is 35.8. The number of rotatable bonds is 20. The van der Waals surface area contributed by atoms with Gasteiger partial charge in [-0.3, -0.25) is 24.1 Å². The summed E-state index contributed by atoms with van der Waals surface area (Å²) in [7, 11) is 0. The Morgan fingerprint density at radius 3 is 2.01 bits per heavy atom. The molecule has 3 aromatic carbocycles. The standard InChI is InChI=1S/C58H77N7O11/c1-56(2,3)64-53(70)47-31-39-20-13-14-21-40(39)33-65(47)34-48(74-50(67)35-73-41-26-23-37(24-27-41)30-46(54(71)75-57(4,5)6)63-55(72)76-58(7,8)9)44(29-36-17-11-10-12-18-36)61-52(69)45(32-49(59)66)62-51(68)43-28-25-38-19-15-16-22-42(38)60-43/h10-12,15-19,22-28,39-40,44-48H,13-14,20-21,29-35H2,1-9H3,(H2,59,66)(H,61,69)(H,62,68)(H,63,72)(H,64,70)/t39-,40+,44-,45-,46?,47-,48+/m0/s1. The van der Waals surface area contributed by atoms with Crippen LogP contribution in [0.1, 0.15) is 122 Å². The smallest absolute Gasteiger partial charge is 0.408 e. The molecule has 5 amide bonds. The van der Waals surface area contributed by atoms with Crippen molar-refractivity contribution >= 4 is 52.6 Å². The predicted molar refractivity (Wildman–Crippen MR) is 287 cm³/mol. The summed E-state index contributed by atoms with van der Waals surface area (Å²) in [6.45, 7) is 16.1. The van der Waals surface area contributed by atoms with E-state index in [0.717, 1.165) is 36.6 Å². The number of likely N-dealkylation sites (tertiary alicyclic amines) is 1. The van der Waals surface area contributed by atoms with Crippen molar-refractivity contribution in [1.82, 2.24) is 31.2 Å². The molecule has 1 unspecified atom stereocenters. The number of pyridine rings is 1. The zero-order chi connectivity index (χ0) is 55.4. The Labute approximate surface area is 446 Å². The molecule has 76 heavy (non-hydrogen) atoms. The van der Waals surface area contributed by atoms with Crippen molar-refractivity contribution in [3.8, 4) is 5.75 Å². The molecule has 18 heteroatoms. The van der Waals surface area contributed by atoms with Gasteiger partial charge in [-0.15, -0.1) is 0 Å². The maximum atomic E-state index is 14.6. The monoisotopic (exact) mass is 1050 g/mol. The lowest BCUT2D eigenvalue weighted by molar-refractivity contribution is -0.158. The number of hydrogen-bond donors (Lipinski definition) is 5. The van der Waals surface area contributed by atoms with E-state index < -0.39 is 95.8 Å². The number of ether oxygens (including phenoxy) is 4. The van der Waals surface area contributed by atoms with Gasteiger partial charge in [0.05, 0.1) is 24.0 Å². The van der Waals surface area contributed by atoms with Crippen molar-refractivity contribution in [2.75, 3.05) is 19.7 Å². The van der Waals surface area contributed by atoms with Crippen molar-refractivity contribution < 1.29 is 52.5 Å². The molecule has 0 radical (unpaired) electrons. The second-order valence-corrected chi connectivity index (χ2v) is 23.0. The minimum absolute atomic E-state index is 0.0224. The molecule has 2 aliphatic rings. The Morgan fingerprint density at radius 1 is 0.711 bits per heavy atom. The highest BCUT2D eigenvalue weighted by Crippen LogP contribution is 2.39. The van der Waals surface area contributed by atoms with Gasteiger partial charge in [0, 0.05) is 30.4 Å². The maximum absolute atomic E-state index is 14.6. The van der Waals surface area contributed by atoms with Crippen LogP contribution in [0, 0.1) is 11.8 Å². The van der Waals surface area contributed by atoms with Gasteiger partial charge < -0.3 is 45.9 Å². The molecule has 6 N–H and O–H groups in total. The number of para-hydroxylation sites is 1. The molecule has 2 fully saturated rings. The number of carbonyl (C=O) groups is 7. The Hall–Kier alpha value is -7.08. The number of hydrogen-bond acceptors (Lipinski definition) is 13. The summed E-state index contributed by atoms with van der Waals surface area (Å²) in [6.07, 6.45) is 2.51. The minimum atomic E-state index is -1.45. The fraction of sp³-hybridized carbons (Fsp3) is 0.517. The number of alkyl carbamates (subject to hydrolysis) is 1. The molecule has 1 saturated carbocycles. The largest absolute Gasteiger partial charge is 0.482 e. The molecular weight excluding hydrogens is 971 g/mol. The van der Waals surface area contributed by atoms with E-state index in [1.54, 1.807) is 84.0 Å². The molecule has 6 rings (SSSR count). The van der Waals surface area contributed by atoms with Gasteiger partial charge in [-0.2, -0.15) is 0 Å². The van der Waals surface area contributed by atoms with E-state index in [-0.39, 0.29) is 31.0 Å². The van der Waals surface area contributed by atoms with Crippen molar-refractivity contribution in [2.45, 2.75) is 161 Å². The lowest BCUT2D eigenvalue weighted by Crippen LogP contribution is -2.61. The van der Waals surface area contributed by atoms with Crippen molar-refractivity contribution in [3.63, 3.8) is 0 Å². The van der Waals surface area contributed by atoms with Crippen LogP contribution in [0.5, 0.6) is 5.75 Å². The zero-order valence-electron chi connectivity index (χ0n) is 45.4. The SMILES string of the molecule is CC(C)(C)NC(=O)[C@@H]1C[C@@H]2CCCC[C@@H]2CN1C[C@@H](OC(=O)COc1ccc(CC(NC(=O)OC(C)(C)C)C(=O)OC(C)(C)C)cc1)[C@H](Cc1ccccc1)NC(=O)[C@H](CC(N)=O)NC(=O)c1ccc2ccccc2n1. The molecular formula is C58H77N7O11. The lowest BCUT2D eigenvalue weighted by atomic mass is 9.72. The van der Waals surface area contributed by atoms with E-state index in [2.05, 4.69) is 31.2 Å². The second kappa shape index (κ2) is 25.6. The van der Waals surface area contributed by atoms with E-state index in [1.807, 2.05) is 63.2 Å². The van der Waals surface area contributed by atoms with Gasteiger partial charge in [-0.1, -0.05) is 86.0 Å². The number of nitrogens with zero attached hydrogens (tertiary/aromatic N) is 2. The van der Waals surface area contributed by atoms with Gasteiger partial charge in [-0.25, -0.2) is 19.4 Å². The molecule has 1 aliphatic heterocycles. The number of nitrogens with two attached hydrogens (primary N) is 1. The van der Waals surface area contributed by atoms with Crippen LogP contribution in [0.2, 0.25) is 0 Å². The van der Waals surface area contributed by atoms with Crippen molar-refractivity contribution in [1.29, 1.82) is 0 Å². The van der Waals surface area contributed by atoms with Gasteiger partial charge in [0.2, 0.25) is 17.7 Å². The van der Waals surface area contributed by atoms with Crippen LogP contribution in [-0.4, -0.2) is 118 Å². The number of primary amides is 1. The third-order valence-electron chi connectivity index (χ3n) is 13.0. The average molecular weight is 1050 g/mol. The molecule has 2 heterocycles. The number of fused-ring (bicyclic) bond motifs is 2. The normalized spacial score (nSPS) is 18.6. The van der Waals surface area contributed by atoms with Crippen LogP contribution in [0.15, 0.2) is 91.0 Å². The average Bonchev–Trinajstić information content (AvgIpc) is 3.33. The molecule has 1 aromatic heterocycles. The van der Waals surface area contributed by atoms with Crippen LogP contribution in [0.4, 0.5) is 4.79 Å². The number of piperidine rings is 1. The number of carbonyl (C=O) groups excluding carboxylic acids is 7. The first-order valence-corrected chi connectivity index (χ1v) is 26.3. The number of amides is 5. The summed E-state index contributed by atoms with van der Waals surface area (Å²) in [6, 6.07) is 22.3. The minimum Gasteiger partial charge on any atom is -0.482 e. The molecule has 0 bridgehead atoms. The van der Waals surface area contributed by atoms with Crippen LogP contribution in [-0.2, 0) is 51.0 Å². The fourth-order valence-corrected chi connectivity index (χ4v) is 9.69. The summed E-state index contributed by atoms with van der Waals surface area (Å²) in [5, 5.41) is 12.3. The fourth-order valence-electron chi connectivity index (χ4n) is 9.69.